The molecule has 2 aromatic rings. The van der Waals surface area contributed by atoms with E-state index in [0.29, 0.717) is 43.5 Å². The Bertz CT molecular complexity index is 1280. The Morgan fingerprint density at radius 3 is 2.48 bits per heavy atom. The minimum atomic E-state index is -4.28. The number of carbonyl (C=O) groups is 1. The number of anilines is 1. The lowest BCUT2D eigenvalue weighted by atomic mass is 9.72. The van der Waals surface area contributed by atoms with E-state index in [0.717, 1.165) is 5.56 Å². The van der Waals surface area contributed by atoms with Crippen molar-refractivity contribution in [3.8, 4) is 11.5 Å². The van der Waals surface area contributed by atoms with Crippen molar-refractivity contribution < 1.29 is 42.0 Å². The predicted octanol–water partition coefficient (Wildman–Crippen LogP) is 3.93. The van der Waals surface area contributed by atoms with Crippen molar-refractivity contribution in [1.29, 1.82) is 0 Å². The second kappa shape index (κ2) is 11.2. The third-order valence-electron chi connectivity index (χ3n) is 8.55. The number of alkyl halides is 3. The number of pyridine rings is 1. The van der Waals surface area contributed by atoms with E-state index >= 15 is 0 Å². The van der Waals surface area contributed by atoms with Crippen molar-refractivity contribution >= 4 is 11.7 Å². The fourth-order valence-corrected chi connectivity index (χ4v) is 5.93. The Hall–Kier alpha value is -3.09. The highest BCUT2D eigenvalue weighted by molar-refractivity contribution is 5.82. The van der Waals surface area contributed by atoms with Gasteiger partial charge in [-0.25, -0.2) is 4.98 Å². The average Bonchev–Trinajstić information content (AvgIpc) is 3.45. The molecule has 1 aromatic carbocycles. The summed E-state index contributed by atoms with van der Waals surface area (Å²) in [7, 11) is 1.56. The van der Waals surface area contributed by atoms with Crippen LogP contribution in [0.25, 0.3) is 0 Å². The van der Waals surface area contributed by atoms with Gasteiger partial charge in [-0.1, -0.05) is 19.1 Å². The largest absolute Gasteiger partial charge is 0.493 e. The number of ether oxygens (including phenoxy) is 4. The number of nitrogens with zero attached hydrogens (tertiary/aromatic N) is 3. The van der Waals surface area contributed by atoms with Crippen LogP contribution in [0, 0.1) is 5.41 Å². The number of amides is 1. The first-order valence-electron chi connectivity index (χ1n) is 14.1. The zero-order valence-corrected chi connectivity index (χ0v) is 24.5. The highest BCUT2D eigenvalue weighted by Crippen LogP contribution is 2.47. The molecule has 42 heavy (non-hydrogen) atoms. The molecule has 4 atom stereocenters. The molecular weight excluding hydrogens is 555 g/mol. The van der Waals surface area contributed by atoms with Gasteiger partial charge in [0.25, 0.3) is 5.91 Å². The molecule has 0 aliphatic carbocycles. The molecule has 0 radical (unpaired) electrons. The van der Waals surface area contributed by atoms with E-state index in [4.69, 9.17) is 18.9 Å². The number of likely N-dealkylation sites (tertiary alicyclic amines) is 1. The highest BCUT2D eigenvalue weighted by atomic mass is 19.4. The Morgan fingerprint density at radius 2 is 1.90 bits per heavy atom. The summed E-state index contributed by atoms with van der Waals surface area (Å²) >= 11 is 0. The van der Waals surface area contributed by atoms with E-state index in [1.807, 2.05) is 30.0 Å². The van der Waals surface area contributed by atoms with E-state index in [9.17, 15) is 23.1 Å². The van der Waals surface area contributed by atoms with Crippen LogP contribution in [0.4, 0.5) is 19.0 Å². The van der Waals surface area contributed by atoms with Crippen LogP contribution in [-0.2, 0) is 20.7 Å². The van der Waals surface area contributed by atoms with Crippen molar-refractivity contribution in [2.45, 2.75) is 70.3 Å². The maximum atomic E-state index is 13.3. The number of rotatable bonds is 8. The van der Waals surface area contributed by atoms with Crippen molar-refractivity contribution in [1.82, 2.24) is 9.88 Å². The second-order valence-corrected chi connectivity index (χ2v) is 12.1. The lowest BCUT2D eigenvalue weighted by molar-refractivity contribution is -0.159. The first-order chi connectivity index (χ1) is 19.7. The number of hydrogen-bond donors (Lipinski definition) is 1. The van der Waals surface area contributed by atoms with Crippen LogP contribution < -0.4 is 14.4 Å². The van der Waals surface area contributed by atoms with E-state index in [-0.39, 0.29) is 30.1 Å². The molecule has 3 fully saturated rings. The number of aliphatic hydroxyl groups is 1. The van der Waals surface area contributed by atoms with Gasteiger partial charge in [0, 0.05) is 30.6 Å². The maximum absolute atomic E-state index is 13.3. The van der Waals surface area contributed by atoms with Crippen LogP contribution in [-0.4, -0.2) is 91.1 Å². The van der Waals surface area contributed by atoms with Crippen molar-refractivity contribution in [3.63, 3.8) is 0 Å². The Morgan fingerprint density at radius 1 is 1.17 bits per heavy atom. The fraction of sp³-hybridized carbons (Fsp3) is 0.600. The van der Waals surface area contributed by atoms with Gasteiger partial charge in [0.15, 0.2) is 23.4 Å². The first kappa shape index (κ1) is 30.4. The molecule has 0 saturated carbocycles. The lowest BCUT2D eigenvalue weighted by Crippen LogP contribution is -2.54. The van der Waals surface area contributed by atoms with E-state index in [1.54, 1.807) is 38.8 Å². The van der Waals surface area contributed by atoms with Gasteiger partial charge < -0.3 is 33.9 Å². The number of hydrogen-bond acceptors (Lipinski definition) is 8. The van der Waals surface area contributed by atoms with Gasteiger partial charge in [0.1, 0.15) is 11.9 Å². The minimum absolute atomic E-state index is 0.116. The zero-order chi connectivity index (χ0) is 30.4. The molecule has 12 heteroatoms. The van der Waals surface area contributed by atoms with Crippen LogP contribution in [0.5, 0.6) is 11.5 Å². The molecule has 1 N–H and O–H groups in total. The van der Waals surface area contributed by atoms with Crippen LogP contribution in [0.1, 0.15) is 44.7 Å². The lowest BCUT2D eigenvalue weighted by Gasteiger charge is -2.40. The maximum Gasteiger partial charge on any atom is 0.393 e. The monoisotopic (exact) mass is 593 g/mol. The summed E-state index contributed by atoms with van der Waals surface area (Å²) in [5, 5.41) is 10.8. The van der Waals surface area contributed by atoms with Gasteiger partial charge in [-0.3, -0.25) is 4.79 Å². The molecule has 0 spiro atoms. The van der Waals surface area contributed by atoms with Gasteiger partial charge in [0.2, 0.25) is 0 Å². The van der Waals surface area contributed by atoms with Gasteiger partial charge in [-0.05, 0) is 50.1 Å². The Kier molecular flexibility index (Phi) is 8.10. The van der Waals surface area contributed by atoms with Gasteiger partial charge in [0.05, 0.1) is 39.3 Å². The molecule has 9 nitrogen and oxygen atoms in total. The van der Waals surface area contributed by atoms with Gasteiger partial charge in [-0.2, -0.15) is 13.2 Å². The summed E-state index contributed by atoms with van der Waals surface area (Å²) in [6, 6.07) is 8.70. The molecule has 4 heterocycles. The predicted molar refractivity (Wildman–Crippen MR) is 148 cm³/mol. The van der Waals surface area contributed by atoms with Crippen molar-refractivity contribution in [3.05, 3.63) is 47.7 Å². The molecule has 3 aliphatic heterocycles. The topological polar surface area (TPSA) is 93.6 Å². The number of carbonyl (C=O) groups excluding carboxylic acids is 1. The highest BCUT2D eigenvalue weighted by Gasteiger charge is 2.51. The quantitative estimate of drug-likeness (QED) is 0.493. The standard InChI is InChI=1S/C30H38F3N3O6/c1-18(37)29(4)17-36(27(38)25-16-40-28(2,3)42-25)15-22(29)20-7-8-23(39-5)24(10-20)41-21-13-35(14-21)26-9-6-19(12-34-26)11-30(31,32)33/h6-10,12,18,21-22,25,37H,11,13-17H2,1-5H3/t18-,22+,25+,29+/m1/s1. The number of aliphatic hydroxyl groups excluding tert-OH is 1. The summed E-state index contributed by atoms with van der Waals surface area (Å²) in [6.45, 7) is 9.24. The van der Waals surface area contributed by atoms with Gasteiger partial charge >= 0.3 is 6.18 Å². The molecule has 230 valence electrons. The van der Waals surface area contributed by atoms with Crippen LogP contribution in [0.3, 0.4) is 0 Å². The normalized spacial score (nSPS) is 26.7. The van der Waals surface area contributed by atoms with Crippen molar-refractivity contribution in [2.24, 2.45) is 5.41 Å². The van der Waals surface area contributed by atoms with Crippen LogP contribution >= 0.6 is 0 Å². The van der Waals surface area contributed by atoms with E-state index in [1.165, 1.54) is 12.3 Å². The average molecular weight is 594 g/mol. The number of methoxy groups -OCH3 is 1. The van der Waals surface area contributed by atoms with Crippen LogP contribution in [0.15, 0.2) is 36.5 Å². The number of aromatic nitrogens is 1. The van der Waals surface area contributed by atoms with Crippen molar-refractivity contribution in [2.75, 3.05) is 44.8 Å². The summed E-state index contributed by atoms with van der Waals surface area (Å²) in [4.78, 5) is 21.2. The molecule has 0 unspecified atom stereocenters. The molecule has 3 aliphatic rings. The summed E-state index contributed by atoms with van der Waals surface area (Å²) in [6.07, 6.45) is -5.60. The molecule has 1 amide bonds. The zero-order valence-electron chi connectivity index (χ0n) is 24.5. The van der Waals surface area contributed by atoms with Crippen LogP contribution in [0.2, 0.25) is 0 Å². The number of benzene rings is 1. The second-order valence-electron chi connectivity index (χ2n) is 12.1. The summed E-state index contributed by atoms with van der Waals surface area (Å²) in [5.41, 5.74) is 0.408. The molecule has 0 bridgehead atoms. The molecule has 5 rings (SSSR count). The minimum Gasteiger partial charge on any atom is -0.493 e. The Balaban J connectivity index is 1.27. The van der Waals surface area contributed by atoms with E-state index < -0.39 is 36.0 Å². The first-order valence-corrected chi connectivity index (χ1v) is 14.1. The molecular formula is C30H38F3N3O6. The van der Waals surface area contributed by atoms with Gasteiger partial charge in [-0.15, -0.1) is 0 Å². The third kappa shape index (κ3) is 6.30. The smallest absolute Gasteiger partial charge is 0.393 e. The fourth-order valence-electron chi connectivity index (χ4n) is 5.93. The molecule has 3 saturated heterocycles. The van der Waals surface area contributed by atoms with E-state index in [2.05, 4.69) is 4.98 Å². The SMILES string of the molecule is COc1ccc([C@@H]2CN(C(=O)[C@@H]3COC(C)(C)O3)C[C@@]2(C)[C@@H](C)O)cc1OC1CN(c2ccc(CC(F)(F)F)cn2)C1. The Labute approximate surface area is 243 Å². The number of halogens is 3. The summed E-state index contributed by atoms with van der Waals surface area (Å²) < 4.78 is 61.2. The third-order valence-corrected chi connectivity index (χ3v) is 8.55. The molecule has 1 aromatic heterocycles. The summed E-state index contributed by atoms with van der Waals surface area (Å²) in [5.74, 6) is 0.524.